The first kappa shape index (κ1) is 45.5. The number of aromatic hydroxyl groups is 1. The highest BCUT2D eigenvalue weighted by Gasteiger charge is 2.40. The predicted octanol–water partition coefficient (Wildman–Crippen LogP) is -0.0288. The van der Waals surface area contributed by atoms with Crippen LogP contribution < -0.4 is 31.9 Å². The number of carboxylic acids is 1. The topological polar surface area (TPSA) is 264 Å². The summed E-state index contributed by atoms with van der Waals surface area (Å²) >= 11 is 1.45. The second-order valence-corrected chi connectivity index (χ2v) is 16.2. The Hall–Kier alpha value is -5.17. The minimum Gasteiger partial charge on any atom is -0.508 e. The van der Waals surface area contributed by atoms with E-state index < -0.39 is 77.8 Å². The molecule has 1 aromatic heterocycles. The zero-order valence-corrected chi connectivity index (χ0v) is 34.2. The zero-order chi connectivity index (χ0) is 42.4. The van der Waals surface area contributed by atoms with E-state index in [-0.39, 0.29) is 56.2 Å². The van der Waals surface area contributed by atoms with Crippen molar-refractivity contribution in [3.63, 3.8) is 0 Å². The number of nitrogens with one attached hydrogen (secondary N) is 7. The molecule has 318 valence electrons. The van der Waals surface area contributed by atoms with Gasteiger partial charge < -0.3 is 52.0 Å². The number of amides is 6. The number of imidazole rings is 1. The molecule has 0 saturated carbocycles. The molecule has 2 aliphatic heterocycles. The Balaban J connectivity index is 1.54. The molecule has 2 aromatic rings. The summed E-state index contributed by atoms with van der Waals surface area (Å²) in [6, 6.07) is -0.980. The second kappa shape index (κ2) is 22.1. The molecule has 0 spiro atoms. The Morgan fingerprint density at radius 2 is 1.53 bits per heavy atom. The van der Waals surface area contributed by atoms with Crippen molar-refractivity contribution < 1.29 is 43.8 Å². The minimum atomic E-state index is -1.24. The molecule has 58 heavy (non-hydrogen) atoms. The van der Waals surface area contributed by atoms with Crippen molar-refractivity contribution in [2.75, 3.05) is 25.1 Å². The van der Waals surface area contributed by atoms with Gasteiger partial charge in [-0.25, -0.2) is 9.78 Å². The van der Waals surface area contributed by atoms with Crippen molar-refractivity contribution in [2.45, 2.75) is 114 Å². The van der Waals surface area contributed by atoms with Gasteiger partial charge in [0, 0.05) is 31.3 Å². The van der Waals surface area contributed by atoms with Crippen molar-refractivity contribution in [3.8, 4) is 5.75 Å². The number of carbonyl (C=O) groups excluding carboxylic acids is 6. The number of benzene rings is 1. The fraction of sp³-hybridized carbons (Fsp3) is 0.590. The van der Waals surface area contributed by atoms with E-state index in [1.54, 1.807) is 12.1 Å². The molecule has 2 saturated heterocycles. The van der Waals surface area contributed by atoms with Gasteiger partial charge in [-0.05, 0) is 87.6 Å². The zero-order valence-electron chi connectivity index (χ0n) is 33.4. The third-order valence-electron chi connectivity index (χ3n) is 10.1. The number of rotatable bonds is 21. The molecule has 2 fully saturated rings. The number of aromatic amines is 1. The summed E-state index contributed by atoms with van der Waals surface area (Å²) in [5.41, 5.74) is 1.11. The quantitative estimate of drug-likeness (QED) is 0.0804. The van der Waals surface area contributed by atoms with Gasteiger partial charge in [0.15, 0.2) is 0 Å². The number of H-pyrrole nitrogens is 1. The van der Waals surface area contributed by atoms with Crippen molar-refractivity contribution >= 4 is 53.2 Å². The van der Waals surface area contributed by atoms with Crippen LogP contribution in [0.1, 0.15) is 70.6 Å². The number of hydrogen-bond donors (Lipinski definition) is 9. The number of thioether (sulfide) groups is 1. The van der Waals surface area contributed by atoms with Gasteiger partial charge in [-0.2, -0.15) is 11.8 Å². The van der Waals surface area contributed by atoms with E-state index in [9.17, 15) is 43.8 Å². The Bertz CT molecular complexity index is 1720. The lowest BCUT2D eigenvalue weighted by Crippen LogP contribution is -2.60. The Morgan fingerprint density at radius 3 is 2.16 bits per heavy atom. The van der Waals surface area contributed by atoms with E-state index in [1.165, 1.54) is 48.2 Å². The molecular weight excluding hydrogens is 771 g/mol. The number of phenols is 1. The first-order chi connectivity index (χ1) is 27.7. The van der Waals surface area contributed by atoms with Crippen LogP contribution in [0, 0.1) is 5.92 Å². The molecule has 0 aliphatic carbocycles. The van der Waals surface area contributed by atoms with E-state index >= 15 is 0 Å². The Labute approximate surface area is 342 Å². The maximum Gasteiger partial charge on any atom is 0.326 e. The number of carboxylic acid groups (broad SMARTS) is 1. The molecule has 18 nitrogen and oxygen atoms in total. The molecule has 4 rings (SSSR count). The summed E-state index contributed by atoms with van der Waals surface area (Å²) in [6.45, 7) is 6.06. The molecule has 0 unspecified atom stereocenters. The maximum absolute atomic E-state index is 14.5. The highest BCUT2D eigenvalue weighted by atomic mass is 32.2. The van der Waals surface area contributed by atoms with Crippen LogP contribution >= 0.6 is 11.8 Å². The maximum atomic E-state index is 14.5. The third kappa shape index (κ3) is 13.5. The Morgan fingerprint density at radius 1 is 0.845 bits per heavy atom. The number of hydrogen-bond acceptors (Lipinski definition) is 11. The molecular formula is C39H57N9O9S. The number of carbonyl (C=O) groups is 7. The van der Waals surface area contributed by atoms with Crippen LogP contribution in [0.4, 0.5) is 0 Å². The van der Waals surface area contributed by atoms with Crippen molar-refractivity contribution in [1.82, 2.24) is 46.8 Å². The second-order valence-electron chi connectivity index (χ2n) is 15.2. The normalized spacial score (nSPS) is 19.0. The summed E-state index contributed by atoms with van der Waals surface area (Å²) in [6.07, 6.45) is 7.31. The van der Waals surface area contributed by atoms with Gasteiger partial charge in [-0.15, -0.1) is 0 Å². The van der Waals surface area contributed by atoms with Crippen LogP contribution in [0.25, 0.3) is 0 Å². The SMILES string of the molecule is CSCC[C@H](NC(=O)[C@@H]1CCCN1C(=O)[C@H](Cc1ccc(O)cc1)NC(=O)[C@H](Cc1cnc[nH]1)NC(=O)[C@H](C)NC(=O)[C@@H]1CCCN1)C(=O)N[C@@H](CC(C)C)C(=O)O. The fourth-order valence-electron chi connectivity index (χ4n) is 6.99. The van der Waals surface area contributed by atoms with Gasteiger partial charge >= 0.3 is 5.97 Å². The summed E-state index contributed by atoms with van der Waals surface area (Å²) in [7, 11) is 0. The number of aliphatic carboxylic acids is 1. The largest absolute Gasteiger partial charge is 0.508 e. The van der Waals surface area contributed by atoms with Crippen LogP contribution in [0.5, 0.6) is 5.75 Å². The highest BCUT2D eigenvalue weighted by molar-refractivity contribution is 7.98. The summed E-state index contributed by atoms with van der Waals surface area (Å²) < 4.78 is 0. The summed E-state index contributed by atoms with van der Waals surface area (Å²) in [4.78, 5) is 102. The number of nitrogens with zero attached hydrogens (tertiary/aromatic N) is 2. The smallest absolute Gasteiger partial charge is 0.326 e. The number of phenolic OH excluding ortho intramolecular Hbond substituents is 1. The summed E-state index contributed by atoms with van der Waals surface area (Å²) in [5.74, 6) is -4.18. The molecule has 6 amide bonds. The molecule has 0 bridgehead atoms. The molecule has 2 aliphatic rings. The molecule has 3 heterocycles. The lowest BCUT2D eigenvalue weighted by atomic mass is 10.0. The first-order valence-electron chi connectivity index (χ1n) is 19.7. The monoisotopic (exact) mass is 827 g/mol. The lowest BCUT2D eigenvalue weighted by molar-refractivity contribution is -0.144. The third-order valence-corrected chi connectivity index (χ3v) is 10.8. The fourth-order valence-corrected chi connectivity index (χ4v) is 7.46. The van der Waals surface area contributed by atoms with Crippen LogP contribution in [0.2, 0.25) is 0 Å². The molecule has 7 atom stereocenters. The van der Waals surface area contributed by atoms with Crippen LogP contribution in [0.3, 0.4) is 0 Å². The van der Waals surface area contributed by atoms with Gasteiger partial charge in [-0.3, -0.25) is 28.8 Å². The van der Waals surface area contributed by atoms with Crippen molar-refractivity contribution in [3.05, 3.63) is 48.0 Å². The van der Waals surface area contributed by atoms with Gasteiger partial charge in [0.25, 0.3) is 0 Å². The minimum absolute atomic E-state index is 0.00172. The van der Waals surface area contributed by atoms with Crippen LogP contribution in [0.15, 0.2) is 36.8 Å². The van der Waals surface area contributed by atoms with Crippen LogP contribution in [-0.4, -0.2) is 134 Å². The average molecular weight is 828 g/mol. The number of aromatic nitrogens is 2. The van der Waals surface area contributed by atoms with Crippen molar-refractivity contribution in [2.24, 2.45) is 5.92 Å². The van der Waals surface area contributed by atoms with E-state index in [4.69, 9.17) is 0 Å². The Kier molecular flexibility index (Phi) is 17.4. The molecule has 0 radical (unpaired) electrons. The first-order valence-corrected chi connectivity index (χ1v) is 21.1. The summed E-state index contributed by atoms with van der Waals surface area (Å²) in [5, 5.41) is 36.2. The van der Waals surface area contributed by atoms with E-state index in [0.29, 0.717) is 36.4 Å². The number of likely N-dealkylation sites (tertiary alicyclic amines) is 1. The standard InChI is InChI=1S/C39H57N9O9S/c1-22(2)17-31(39(56)57)47-35(52)28(13-16-58-4)44-37(54)32-8-6-15-48(32)38(55)30(18-24-9-11-26(49)12-10-24)46-36(53)29(19-25-20-40-21-42-25)45-33(50)23(3)43-34(51)27-7-5-14-41-27/h9-12,20-23,27-32,41,49H,5-8,13-19H2,1-4H3,(H,40,42)(H,43,51)(H,44,54)(H,45,50)(H,46,53)(H,47,52)(H,56,57)/t23-,27-,28-,29-,30-,31-,32-/m0/s1. The van der Waals surface area contributed by atoms with Gasteiger partial charge in [0.1, 0.15) is 42.0 Å². The molecule has 1 aromatic carbocycles. The lowest BCUT2D eigenvalue weighted by Gasteiger charge is -2.31. The van der Waals surface area contributed by atoms with Crippen LogP contribution in [-0.2, 0) is 46.4 Å². The van der Waals surface area contributed by atoms with Gasteiger partial charge in [0.2, 0.25) is 35.4 Å². The molecule has 9 N–H and O–H groups in total. The molecule has 19 heteroatoms. The van der Waals surface area contributed by atoms with E-state index in [1.807, 2.05) is 20.1 Å². The van der Waals surface area contributed by atoms with E-state index in [0.717, 1.165) is 6.42 Å². The van der Waals surface area contributed by atoms with E-state index in [2.05, 4.69) is 41.9 Å². The van der Waals surface area contributed by atoms with Crippen molar-refractivity contribution in [1.29, 1.82) is 0 Å². The van der Waals surface area contributed by atoms with Gasteiger partial charge in [0.05, 0.1) is 12.4 Å². The highest BCUT2D eigenvalue weighted by Crippen LogP contribution is 2.21. The predicted molar refractivity (Wildman–Crippen MR) is 215 cm³/mol. The average Bonchev–Trinajstić information content (AvgIpc) is 4.00. The van der Waals surface area contributed by atoms with Gasteiger partial charge in [-0.1, -0.05) is 26.0 Å².